The number of imide groups is 1. The fraction of sp³-hybridized carbons (Fsp3) is 0.300. The van der Waals surface area contributed by atoms with Crippen LogP contribution in [0.1, 0.15) is 12.5 Å². The number of hydrogen-bond acceptors (Lipinski definition) is 5. The van der Waals surface area contributed by atoms with Crippen molar-refractivity contribution in [2.24, 2.45) is 0 Å². The van der Waals surface area contributed by atoms with Crippen molar-refractivity contribution in [1.82, 2.24) is 15.1 Å². The number of aliphatic hydroxyl groups excluding tert-OH is 1. The van der Waals surface area contributed by atoms with E-state index in [0.717, 1.165) is 10.5 Å². The molecule has 3 rings (SSSR count). The van der Waals surface area contributed by atoms with E-state index in [1.165, 1.54) is 17.0 Å². The highest BCUT2D eigenvalue weighted by Gasteiger charge is 2.38. The number of carbonyl (C=O) groups excluding carboxylic acids is 2. The van der Waals surface area contributed by atoms with Crippen molar-refractivity contribution in [2.75, 3.05) is 25.1 Å². The van der Waals surface area contributed by atoms with Gasteiger partial charge in [-0.3, -0.25) is 10.2 Å². The predicted molar refractivity (Wildman–Crippen MR) is 110 cm³/mol. The summed E-state index contributed by atoms with van der Waals surface area (Å²) in [4.78, 5) is 27.6. The van der Waals surface area contributed by atoms with Gasteiger partial charge in [0.15, 0.2) is 17.9 Å². The first-order valence-corrected chi connectivity index (χ1v) is 9.73. The zero-order valence-electron chi connectivity index (χ0n) is 16.3. The van der Waals surface area contributed by atoms with E-state index >= 15 is 0 Å². The number of β-amino-alcohol motifs (C(OH)–C–C–N with tert-alkyl or cyclic N) is 1. The molecule has 1 aliphatic heterocycles. The number of halogens is 2. The average Bonchev–Trinajstić information content (AvgIpc) is 2.72. The highest BCUT2D eigenvalue weighted by molar-refractivity contribution is 6.30. The standard InChI is InChI=1S/C20H22ClFN4O4/c1-2-30-17-8-7-15(11-16(17)22)23-18-24-19(28)25(9-10-27)20(29)26(18)12-13-3-5-14(21)6-4-13/h3-8,11,18,23,27H,2,9-10,12H2,1H3,(H,24,28). The van der Waals surface area contributed by atoms with Crippen LogP contribution in [0.5, 0.6) is 5.75 Å². The lowest BCUT2D eigenvalue weighted by atomic mass is 10.2. The number of urea groups is 2. The number of benzene rings is 2. The number of aliphatic hydroxyl groups is 1. The second-order valence-electron chi connectivity index (χ2n) is 6.49. The summed E-state index contributed by atoms with van der Waals surface area (Å²) in [5.74, 6) is -0.458. The number of nitrogens with zero attached hydrogens (tertiary/aromatic N) is 2. The van der Waals surface area contributed by atoms with Gasteiger partial charge in [0.1, 0.15) is 0 Å². The van der Waals surface area contributed by atoms with E-state index in [1.807, 2.05) is 0 Å². The van der Waals surface area contributed by atoms with Crippen molar-refractivity contribution in [3.63, 3.8) is 0 Å². The smallest absolute Gasteiger partial charge is 0.331 e. The second kappa shape index (κ2) is 9.64. The molecular formula is C20H22ClFN4O4. The monoisotopic (exact) mass is 436 g/mol. The van der Waals surface area contributed by atoms with Crippen molar-refractivity contribution in [1.29, 1.82) is 0 Å². The molecule has 8 nitrogen and oxygen atoms in total. The average molecular weight is 437 g/mol. The lowest BCUT2D eigenvalue weighted by Gasteiger charge is -2.41. The summed E-state index contributed by atoms with van der Waals surface area (Å²) in [5.41, 5.74) is 1.13. The van der Waals surface area contributed by atoms with Gasteiger partial charge in [-0.1, -0.05) is 23.7 Å². The van der Waals surface area contributed by atoms with Crippen molar-refractivity contribution in [3.05, 3.63) is 58.9 Å². The molecule has 0 bridgehead atoms. The minimum Gasteiger partial charge on any atom is -0.491 e. The molecule has 30 heavy (non-hydrogen) atoms. The Morgan fingerprint density at radius 3 is 2.60 bits per heavy atom. The van der Waals surface area contributed by atoms with Gasteiger partial charge in [-0.15, -0.1) is 0 Å². The molecule has 1 atom stereocenters. The molecule has 0 spiro atoms. The Morgan fingerprint density at radius 2 is 1.97 bits per heavy atom. The predicted octanol–water partition coefficient (Wildman–Crippen LogP) is 3.21. The van der Waals surface area contributed by atoms with E-state index in [-0.39, 0.29) is 25.4 Å². The molecule has 1 aliphatic rings. The third-order valence-electron chi connectivity index (χ3n) is 4.42. The van der Waals surface area contributed by atoms with E-state index in [9.17, 15) is 19.1 Å². The van der Waals surface area contributed by atoms with Crippen LogP contribution in [0.4, 0.5) is 19.7 Å². The van der Waals surface area contributed by atoms with Crippen LogP contribution in [-0.2, 0) is 6.54 Å². The highest BCUT2D eigenvalue weighted by atomic mass is 35.5. The van der Waals surface area contributed by atoms with Crippen LogP contribution in [0.3, 0.4) is 0 Å². The number of carbonyl (C=O) groups is 2. The lowest BCUT2D eigenvalue weighted by Crippen LogP contribution is -2.67. The SMILES string of the molecule is CCOc1ccc(NC2NC(=O)N(CCO)C(=O)N2Cc2ccc(Cl)cc2)cc1F. The maximum Gasteiger partial charge on any atom is 0.331 e. The fourth-order valence-electron chi connectivity index (χ4n) is 3.00. The molecule has 2 aromatic carbocycles. The Labute approximate surface area is 178 Å². The van der Waals surface area contributed by atoms with Gasteiger partial charge in [0.25, 0.3) is 0 Å². The first kappa shape index (κ1) is 21.7. The number of anilines is 1. The first-order valence-electron chi connectivity index (χ1n) is 9.35. The van der Waals surface area contributed by atoms with Crippen LogP contribution < -0.4 is 15.4 Å². The summed E-state index contributed by atoms with van der Waals surface area (Å²) in [7, 11) is 0. The molecule has 3 N–H and O–H groups in total. The number of ether oxygens (including phenoxy) is 1. The van der Waals surface area contributed by atoms with Gasteiger partial charge in [0, 0.05) is 16.8 Å². The number of amides is 4. The summed E-state index contributed by atoms with van der Waals surface area (Å²) >= 11 is 5.92. The zero-order chi connectivity index (χ0) is 21.7. The molecule has 1 fully saturated rings. The molecule has 0 saturated carbocycles. The summed E-state index contributed by atoms with van der Waals surface area (Å²) in [6.07, 6.45) is -0.937. The van der Waals surface area contributed by atoms with Gasteiger partial charge in [-0.25, -0.2) is 18.9 Å². The van der Waals surface area contributed by atoms with Crippen LogP contribution >= 0.6 is 11.6 Å². The van der Waals surface area contributed by atoms with E-state index in [1.54, 1.807) is 37.3 Å². The van der Waals surface area contributed by atoms with E-state index in [2.05, 4.69) is 10.6 Å². The van der Waals surface area contributed by atoms with Crippen LogP contribution in [0.25, 0.3) is 0 Å². The van der Waals surface area contributed by atoms with Crippen LogP contribution in [0.15, 0.2) is 42.5 Å². The third kappa shape index (κ3) is 4.92. The van der Waals surface area contributed by atoms with Crippen LogP contribution in [0.2, 0.25) is 5.02 Å². The van der Waals surface area contributed by atoms with Gasteiger partial charge in [0.05, 0.1) is 26.3 Å². The lowest BCUT2D eigenvalue weighted by molar-refractivity contribution is 0.0992. The van der Waals surface area contributed by atoms with Gasteiger partial charge in [0.2, 0.25) is 0 Å². The Hall–Kier alpha value is -3.04. The van der Waals surface area contributed by atoms with Crippen molar-refractivity contribution in [3.8, 4) is 5.75 Å². The molecule has 2 aromatic rings. The molecule has 1 saturated heterocycles. The van der Waals surface area contributed by atoms with Crippen LogP contribution in [0, 0.1) is 5.82 Å². The van der Waals surface area contributed by atoms with Gasteiger partial charge in [-0.05, 0) is 36.8 Å². The first-order chi connectivity index (χ1) is 14.4. The molecule has 1 heterocycles. The Kier molecular flexibility index (Phi) is 6.96. The van der Waals surface area contributed by atoms with Crippen molar-refractivity contribution in [2.45, 2.75) is 19.8 Å². The largest absolute Gasteiger partial charge is 0.491 e. The normalized spacial score (nSPS) is 16.5. The van der Waals surface area contributed by atoms with Crippen molar-refractivity contribution >= 4 is 29.4 Å². The Bertz CT molecular complexity index is 912. The molecule has 0 aliphatic carbocycles. The molecule has 10 heteroatoms. The number of hydrogen-bond donors (Lipinski definition) is 3. The topological polar surface area (TPSA) is 94.1 Å². The zero-order valence-corrected chi connectivity index (χ0v) is 17.0. The molecule has 0 radical (unpaired) electrons. The molecule has 0 aromatic heterocycles. The molecular weight excluding hydrogens is 415 g/mol. The summed E-state index contributed by atoms with van der Waals surface area (Å²) < 4.78 is 19.4. The quantitative estimate of drug-likeness (QED) is 0.590. The Morgan fingerprint density at radius 1 is 1.23 bits per heavy atom. The summed E-state index contributed by atoms with van der Waals surface area (Å²) in [6.45, 7) is 1.71. The van der Waals surface area contributed by atoms with Crippen LogP contribution in [-0.4, -0.2) is 53.0 Å². The Balaban J connectivity index is 1.85. The minimum absolute atomic E-state index is 0.110. The maximum absolute atomic E-state index is 14.2. The maximum atomic E-state index is 14.2. The molecule has 1 unspecified atom stereocenters. The van der Waals surface area contributed by atoms with Gasteiger partial charge >= 0.3 is 12.1 Å². The fourth-order valence-corrected chi connectivity index (χ4v) is 3.13. The second-order valence-corrected chi connectivity index (χ2v) is 6.92. The third-order valence-corrected chi connectivity index (χ3v) is 4.67. The number of nitrogens with one attached hydrogen (secondary N) is 2. The van der Waals surface area contributed by atoms with E-state index in [4.69, 9.17) is 16.3 Å². The summed E-state index contributed by atoms with van der Waals surface area (Å²) in [5, 5.41) is 15.4. The minimum atomic E-state index is -0.937. The van der Waals surface area contributed by atoms with Gasteiger partial charge < -0.3 is 15.2 Å². The highest BCUT2D eigenvalue weighted by Crippen LogP contribution is 2.23. The van der Waals surface area contributed by atoms with Crippen molar-refractivity contribution < 1.29 is 23.8 Å². The molecule has 160 valence electrons. The van der Waals surface area contributed by atoms with E-state index in [0.29, 0.717) is 17.3 Å². The van der Waals surface area contributed by atoms with E-state index < -0.39 is 24.2 Å². The molecule has 4 amide bonds. The van der Waals surface area contributed by atoms with Gasteiger partial charge in [-0.2, -0.15) is 0 Å². The number of rotatable bonds is 8. The summed E-state index contributed by atoms with van der Waals surface area (Å²) in [6, 6.07) is 9.94.